The summed E-state index contributed by atoms with van der Waals surface area (Å²) in [7, 11) is 0. The summed E-state index contributed by atoms with van der Waals surface area (Å²) < 4.78 is 17.5. The highest BCUT2D eigenvalue weighted by Crippen LogP contribution is 2.00. The topological polar surface area (TPSA) is 58.6 Å². The van der Waals surface area contributed by atoms with Crippen LogP contribution < -0.4 is 5.32 Å². The summed E-state index contributed by atoms with van der Waals surface area (Å²) in [4.78, 5) is 11.2. The van der Waals surface area contributed by atoms with E-state index >= 15 is 0 Å². The van der Waals surface area contributed by atoms with E-state index in [9.17, 15) is 9.18 Å². The van der Waals surface area contributed by atoms with Crippen molar-refractivity contribution in [2.45, 2.75) is 19.2 Å². The molecule has 1 rings (SSSR count). The fourth-order valence-corrected chi connectivity index (χ4v) is 1.20. The van der Waals surface area contributed by atoms with Gasteiger partial charge in [-0.1, -0.05) is 30.3 Å². The summed E-state index contributed by atoms with van der Waals surface area (Å²) >= 11 is 0. The Balaban J connectivity index is 2.13. The van der Waals surface area contributed by atoms with E-state index in [2.05, 4.69) is 5.32 Å². The molecule has 1 unspecified atom stereocenters. The van der Waals surface area contributed by atoms with Gasteiger partial charge in [0, 0.05) is 6.54 Å². The highest BCUT2D eigenvalue weighted by atomic mass is 19.1. The third kappa shape index (κ3) is 5.87. The maximum absolute atomic E-state index is 12.6. The normalized spacial score (nSPS) is 11.9. The van der Waals surface area contributed by atoms with Gasteiger partial charge in [0.1, 0.15) is 12.8 Å². The number of carbonyl (C=O) groups is 1. The van der Waals surface area contributed by atoms with Crippen LogP contribution in [0.3, 0.4) is 0 Å². The van der Waals surface area contributed by atoms with Gasteiger partial charge in [-0.05, 0) is 12.0 Å². The van der Waals surface area contributed by atoms with E-state index in [1.807, 2.05) is 30.3 Å². The number of alkyl halides is 1. The lowest BCUT2D eigenvalue weighted by atomic mass is 10.2. The molecule has 0 bridgehead atoms. The predicted molar refractivity (Wildman–Crippen MR) is 61.2 cm³/mol. The number of rotatable bonds is 6. The molecule has 0 fully saturated rings. The molecule has 0 heterocycles. The van der Waals surface area contributed by atoms with E-state index in [0.29, 0.717) is 0 Å². The smallest absolute Gasteiger partial charge is 0.407 e. The number of carbonyl (C=O) groups excluding carboxylic acids is 1. The van der Waals surface area contributed by atoms with Crippen LogP contribution in [-0.2, 0) is 11.3 Å². The minimum absolute atomic E-state index is 0.0803. The number of hydrogen-bond donors (Lipinski definition) is 2. The molecule has 0 aliphatic carbocycles. The minimum atomic E-state index is -1.30. The van der Waals surface area contributed by atoms with Crippen molar-refractivity contribution in [3.05, 3.63) is 35.9 Å². The van der Waals surface area contributed by atoms with Crippen molar-refractivity contribution < 1.29 is 19.0 Å². The van der Waals surface area contributed by atoms with Crippen LogP contribution in [0.15, 0.2) is 30.3 Å². The number of alkyl carbamates (subject to hydrolysis) is 1. The Kier molecular flexibility index (Phi) is 6.03. The summed E-state index contributed by atoms with van der Waals surface area (Å²) in [5.74, 6) is 0. The summed E-state index contributed by atoms with van der Waals surface area (Å²) in [5, 5.41) is 10.8. The monoisotopic (exact) mass is 241 g/mol. The number of nitrogens with one attached hydrogen (secondary N) is 1. The summed E-state index contributed by atoms with van der Waals surface area (Å²) in [5.41, 5.74) is 0.890. The lowest BCUT2D eigenvalue weighted by Gasteiger charge is -2.08. The van der Waals surface area contributed by atoms with E-state index in [0.717, 1.165) is 5.56 Å². The minimum Gasteiger partial charge on any atom is -0.445 e. The maximum atomic E-state index is 12.6. The average Bonchev–Trinajstić information content (AvgIpc) is 2.37. The van der Waals surface area contributed by atoms with Crippen LogP contribution in [0.2, 0.25) is 0 Å². The molecular formula is C12H16FNO3. The van der Waals surface area contributed by atoms with Crippen molar-refractivity contribution in [2.75, 3.05) is 13.2 Å². The van der Waals surface area contributed by atoms with Crippen molar-refractivity contribution >= 4 is 6.09 Å². The first-order valence-corrected chi connectivity index (χ1v) is 5.42. The average molecular weight is 241 g/mol. The molecule has 17 heavy (non-hydrogen) atoms. The fraction of sp³-hybridized carbons (Fsp3) is 0.417. The van der Waals surface area contributed by atoms with Crippen molar-refractivity contribution in [2.24, 2.45) is 0 Å². The van der Waals surface area contributed by atoms with Crippen LogP contribution in [0.1, 0.15) is 12.0 Å². The number of amides is 1. The first-order valence-electron chi connectivity index (χ1n) is 5.42. The van der Waals surface area contributed by atoms with Crippen LogP contribution in [0.5, 0.6) is 0 Å². The zero-order valence-corrected chi connectivity index (χ0v) is 9.43. The Morgan fingerprint density at radius 3 is 2.76 bits per heavy atom. The number of aliphatic hydroxyl groups excluding tert-OH is 1. The summed E-state index contributed by atoms with van der Waals surface area (Å²) in [6.45, 7) is -0.193. The maximum Gasteiger partial charge on any atom is 0.407 e. The van der Waals surface area contributed by atoms with Crippen molar-refractivity contribution in [3.8, 4) is 0 Å². The van der Waals surface area contributed by atoms with Gasteiger partial charge in [0.25, 0.3) is 0 Å². The van der Waals surface area contributed by atoms with E-state index in [4.69, 9.17) is 9.84 Å². The van der Waals surface area contributed by atoms with Gasteiger partial charge in [0.05, 0.1) is 6.61 Å². The fourth-order valence-electron chi connectivity index (χ4n) is 1.20. The molecule has 1 amide bonds. The third-order valence-corrected chi connectivity index (χ3v) is 2.14. The Labute approximate surface area is 99.4 Å². The van der Waals surface area contributed by atoms with Crippen LogP contribution in [0.25, 0.3) is 0 Å². The van der Waals surface area contributed by atoms with Gasteiger partial charge in [-0.15, -0.1) is 0 Å². The van der Waals surface area contributed by atoms with Crippen molar-refractivity contribution in [1.29, 1.82) is 0 Å². The highest BCUT2D eigenvalue weighted by molar-refractivity contribution is 5.67. The number of halogens is 1. The molecule has 1 atom stereocenters. The second-order valence-corrected chi connectivity index (χ2v) is 3.56. The molecule has 0 spiro atoms. The van der Waals surface area contributed by atoms with E-state index in [1.54, 1.807) is 0 Å². The van der Waals surface area contributed by atoms with Crippen LogP contribution in [0.4, 0.5) is 9.18 Å². The molecule has 0 aliphatic rings. The molecule has 94 valence electrons. The Hall–Kier alpha value is -1.62. The van der Waals surface area contributed by atoms with Crippen molar-refractivity contribution in [1.82, 2.24) is 5.32 Å². The van der Waals surface area contributed by atoms with Gasteiger partial charge >= 0.3 is 6.09 Å². The molecule has 0 saturated heterocycles. The summed E-state index contributed by atoms with van der Waals surface area (Å²) in [6, 6.07) is 9.27. The zero-order chi connectivity index (χ0) is 12.5. The Bertz CT molecular complexity index is 332. The Morgan fingerprint density at radius 1 is 1.41 bits per heavy atom. The van der Waals surface area contributed by atoms with Gasteiger partial charge in [-0.25, -0.2) is 9.18 Å². The first-order chi connectivity index (χ1) is 8.22. The number of hydrogen-bond acceptors (Lipinski definition) is 3. The summed E-state index contributed by atoms with van der Waals surface area (Å²) in [6.07, 6.45) is -1.81. The van der Waals surface area contributed by atoms with Crippen LogP contribution in [-0.4, -0.2) is 30.5 Å². The molecular weight excluding hydrogens is 225 g/mol. The van der Waals surface area contributed by atoms with Gasteiger partial charge in [-0.2, -0.15) is 0 Å². The molecule has 1 aromatic rings. The van der Waals surface area contributed by atoms with Gasteiger partial charge in [0.15, 0.2) is 0 Å². The largest absolute Gasteiger partial charge is 0.445 e. The molecule has 1 aromatic carbocycles. The molecule has 5 heteroatoms. The molecule has 0 aliphatic heterocycles. The number of aliphatic hydroxyl groups is 1. The highest BCUT2D eigenvalue weighted by Gasteiger charge is 2.06. The molecule has 2 N–H and O–H groups in total. The number of benzene rings is 1. The van der Waals surface area contributed by atoms with Crippen molar-refractivity contribution in [3.63, 3.8) is 0 Å². The van der Waals surface area contributed by atoms with Gasteiger partial charge < -0.3 is 15.2 Å². The van der Waals surface area contributed by atoms with E-state index in [1.165, 1.54) is 0 Å². The lowest BCUT2D eigenvalue weighted by molar-refractivity contribution is 0.135. The second-order valence-electron chi connectivity index (χ2n) is 3.56. The van der Waals surface area contributed by atoms with Gasteiger partial charge in [0.2, 0.25) is 0 Å². The molecule has 4 nitrogen and oxygen atoms in total. The molecule has 0 aromatic heterocycles. The third-order valence-electron chi connectivity index (χ3n) is 2.14. The molecule has 0 radical (unpaired) electrons. The van der Waals surface area contributed by atoms with E-state index < -0.39 is 18.9 Å². The SMILES string of the molecule is O=C(NCCC(F)CO)OCc1ccccc1. The first kappa shape index (κ1) is 13.4. The van der Waals surface area contributed by atoms with Crippen LogP contribution in [0, 0.1) is 0 Å². The quantitative estimate of drug-likeness (QED) is 0.796. The van der Waals surface area contributed by atoms with Crippen LogP contribution >= 0.6 is 0 Å². The number of ether oxygens (including phenoxy) is 1. The molecule has 0 saturated carbocycles. The zero-order valence-electron chi connectivity index (χ0n) is 9.43. The standard InChI is InChI=1S/C12H16FNO3/c13-11(8-15)6-7-14-12(16)17-9-10-4-2-1-3-5-10/h1-5,11,15H,6-9H2,(H,14,16). The Morgan fingerprint density at radius 2 is 2.12 bits per heavy atom. The second kappa shape index (κ2) is 7.62. The van der Waals surface area contributed by atoms with E-state index in [-0.39, 0.29) is 19.6 Å². The predicted octanol–water partition coefficient (Wildman–Crippen LogP) is 1.63. The lowest BCUT2D eigenvalue weighted by Crippen LogP contribution is -2.27. The van der Waals surface area contributed by atoms with Gasteiger partial charge in [-0.3, -0.25) is 0 Å².